The van der Waals surface area contributed by atoms with E-state index in [4.69, 9.17) is 9.47 Å². The van der Waals surface area contributed by atoms with Gasteiger partial charge in [0.2, 0.25) is 17.7 Å². The number of carbonyl (C=O) groups excluding carboxylic acids is 4. The van der Waals surface area contributed by atoms with E-state index in [0.717, 1.165) is 11.1 Å². The van der Waals surface area contributed by atoms with Gasteiger partial charge in [0.05, 0.1) is 24.0 Å². The zero-order valence-corrected chi connectivity index (χ0v) is 25.8. The van der Waals surface area contributed by atoms with Crippen molar-refractivity contribution < 1.29 is 33.8 Å². The number of rotatable bonds is 8. The second kappa shape index (κ2) is 14.0. The zero-order chi connectivity index (χ0) is 32.1. The van der Waals surface area contributed by atoms with Crippen LogP contribution in [0.5, 0.6) is 0 Å². The number of aliphatic hydroxyl groups is 1. The number of allylic oxidation sites excluding steroid dienone is 1. The molecule has 6 rings (SSSR count). The van der Waals surface area contributed by atoms with E-state index in [1.54, 1.807) is 15.9 Å². The first-order valence-corrected chi connectivity index (χ1v) is 16.2. The van der Waals surface area contributed by atoms with Crippen molar-refractivity contribution in [1.82, 2.24) is 15.1 Å². The predicted molar refractivity (Wildman–Crippen MR) is 169 cm³/mol. The number of hydrogen-bond donors (Lipinski definition) is 2. The summed E-state index contributed by atoms with van der Waals surface area (Å²) < 4.78 is 12.2. The van der Waals surface area contributed by atoms with Crippen molar-refractivity contribution in [1.29, 1.82) is 0 Å². The number of aliphatic hydroxyl groups excluding tert-OH is 1. The fourth-order valence-corrected chi connectivity index (χ4v) is 7.21. The molecular formula is C36H41N3O7. The van der Waals surface area contributed by atoms with Gasteiger partial charge in [0.1, 0.15) is 18.2 Å². The predicted octanol–water partition coefficient (Wildman–Crippen LogP) is 3.08. The van der Waals surface area contributed by atoms with E-state index < -0.39 is 41.6 Å². The molecule has 46 heavy (non-hydrogen) atoms. The Morgan fingerprint density at radius 1 is 0.913 bits per heavy atom. The van der Waals surface area contributed by atoms with Crippen molar-refractivity contribution in [3.8, 4) is 0 Å². The van der Waals surface area contributed by atoms with E-state index in [0.29, 0.717) is 38.8 Å². The monoisotopic (exact) mass is 627 g/mol. The van der Waals surface area contributed by atoms with Crippen molar-refractivity contribution >= 4 is 23.7 Å². The van der Waals surface area contributed by atoms with Crippen LogP contribution in [0.4, 0.5) is 0 Å². The Hall–Kier alpha value is -4.28. The van der Waals surface area contributed by atoms with Crippen LogP contribution < -0.4 is 5.32 Å². The van der Waals surface area contributed by atoms with Gasteiger partial charge in [-0.05, 0) is 36.8 Å². The standard InChI is InChI=1S/C36H41N3O7/c40-22-12-4-11-21-39-32-35(44)38(23-25-13-5-1-6-14-25)20-10-3-9-17-29(41)45-24-27(26-15-7-2-8-16-26)37-33(42)30-28-18-19-36(32,46-28)31(30)34(39)43/h1-3,5-8,10,13-16,18-19,27-28,30-32,40H,4,9,11-12,17,20-24H2,(H,37,42)/b10-3-/t27-,28-,30+,31+,32-,36+/m0/s1. The third kappa shape index (κ3) is 6.24. The summed E-state index contributed by atoms with van der Waals surface area (Å²) in [5.74, 6) is -3.08. The minimum atomic E-state index is -1.29. The molecule has 1 spiro atoms. The van der Waals surface area contributed by atoms with Gasteiger partial charge in [-0.1, -0.05) is 85.0 Å². The topological polar surface area (TPSA) is 125 Å². The molecule has 2 fully saturated rings. The first kappa shape index (κ1) is 31.7. The van der Waals surface area contributed by atoms with Crippen LogP contribution in [-0.2, 0) is 35.2 Å². The van der Waals surface area contributed by atoms with Crippen LogP contribution in [0.15, 0.2) is 85.0 Å². The molecule has 2 aromatic carbocycles. The van der Waals surface area contributed by atoms with E-state index in [2.05, 4.69) is 5.32 Å². The maximum absolute atomic E-state index is 14.7. The minimum Gasteiger partial charge on any atom is -0.463 e. The fraction of sp³-hybridized carbons (Fsp3) is 0.444. The molecule has 2 aromatic rings. The maximum atomic E-state index is 14.7. The summed E-state index contributed by atoms with van der Waals surface area (Å²) in [6.07, 6.45) is 9.14. The Bertz CT molecular complexity index is 1480. The Morgan fingerprint density at radius 3 is 2.43 bits per heavy atom. The van der Waals surface area contributed by atoms with Gasteiger partial charge in [0, 0.05) is 32.7 Å². The molecular weight excluding hydrogens is 586 g/mol. The first-order valence-electron chi connectivity index (χ1n) is 16.2. The highest BCUT2D eigenvalue weighted by atomic mass is 16.5. The smallest absolute Gasteiger partial charge is 0.306 e. The van der Waals surface area contributed by atoms with E-state index in [-0.39, 0.29) is 43.9 Å². The van der Waals surface area contributed by atoms with Crippen LogP contribution in [0.2, 0.25) is 0 Å². The quantitative estimate of drug-likeness (QED) is 0.262. The van der Waals surface area contributed by atoms with Crippen LogP contribution in [-0.4, -0.2) is 82.6 Å². The van der Waals surface area contributed by atoms with Gasteiger partial charge < -0.3 is 29.7 Å². The lowest BCUT2D eigenvalue weighted by molar-refractivity contribution is -0.148. The zero-order valence-electron chi connectivity index (χ0n) is 25.8. The average molecular weight is 628 g/mol. The van der Waals surface area contributed by atoms with Crippen LogP contribution in [0, 0.1) is 11.8 Å². The molecule has 242 valence electrons. The van der Waals surface area contributed by atoms with Crippen molar-refractivity contribution in [3.05, 3.63) is 96.1 Å². The number of likely N-dealkylation sites (tertiary alicyclic amines) is 1. The molecule has 2 saturated heterocycles. The van der Waals surface area contributed by atoms with Gasteiger partial charge in [0.25, 0.3) is 0 Å². The van der Waals surface area contributed by atoms with Gasteiger partial charge in [-0.2, -0.15) is 0 Å². The number of fused-ring (bicyclic) bond motifs is 2. The van der Waals surface area contributed by atoms with Crippen molar-refractivity contribution in [3.63, 3.8) is 0 Å². The number of amides is 3. The normalized spacial score (nSPS) is 30.3. The van der Waals surface area contributed by atoms with Crippen LogP contribution >= 0.6 is 0 Å². The second-order valence-corrected chi connectivity index (χ2v) is 12.4. The molecule has 0 aromatic heterocycles. The molecule has 6 atom stereocenters. The number of ether oxygens (including phenoxy) is 2. The molecule has 0 unspecified atom stereocenters. The van der Waals surface area contributed by atoms with Gasteiger partial charge in [-0.25, -0.2) is 0 Å². The number of carbonyl (C=O) groups is 4. The molecule has 4 aliphatic heterocycles. The number of hydrogen-bond acceptors (Lipinski definition) is 7. The maximum Gasteiger partial charge on any atom is 0.306 e. The molecule has 5 bridgehead atoms. The third-order valence-corrected chi connectivity index (χ3v) is 9.43. The number of nitrogens with one attached hydrogen (secondary N) is 1. The van der Waals surface area contributed by atoms with Gasteiger partial charge in [-0.3, -0.25) is 19.2 Å². The van der Waals surface area contributed by atoms with Crippen LogP contribution in [0.1, 0.15) is 49.3 Å². The largest absolute Gasteiger partial charge is 0.463 e. The van der Waals surface area contributed by atoms with E-state index >= 15 is 0 Å². The number of esters is 1. The Kier molecular flexibility index (Phi) is 9.65. The number of cyclic esters (lactones) is 1. The summed E-state index contributed by atoms with van der Waals surface area (Å²) in [5.41, 5.74) is 0.408. The molecule has 4 aliphatic rings. The third-order valence-electron chi connectivity index (χ3n) is 9.43. The highest BCUT2D eigenvalue weighted by molar-refractivity contribution is 6.00. The number of benzene rings is 2. The molecule has 10 heteroatoms. The molecule has 0 aliphatic carbocycles. The highest BCUT2D eigenvalue weighted by Gasteiger charge is 2.73. The van der Waals surface area contributed by atoms with Gasteiger partial charge in [0.15, 0.2) is 0 Å². The van der Waals surface area contributed by atoms with E-state index in [1.165, 1.54) is 0 Å². The van der Waals surface area contributed by atoms with Crippen molar-refractivity contribution in [2.75, 3.05) is 26.3 Å². The second-order valence-electron chi connectivity index (χ2n) is 12.4. The lowest BCUT2D eigenvalue weighted by atomic mass is 9.74. The van der Waals surface area contributed by atoms with E-state index in [1.807, 2.05) is 78.9 Å². The Balaban J connectivity index is 1.38. The molecule has 0 radical (unpaired) electrons. The summed E-state index contributed by atoms with van der Waals surface area (Å²) in [6.45, 7) is 0.874. The Labute approximate surface area is 269 Å². The minimum absolute atomic E-state index is 0.0493. The summed E-state index contributed by atoms with van der Waals surface area (Å²) >= 11 is 0. The molecule has 4 heterocycles. The SMILES string of the molecule is O=C1CC/C=C\CN(Cc2ccccc2)C(=O)[C@@H]2N(CCCCCO)C(=O)[C@H]3[C@H](C(=O)N[C@H](c4ccccc4)CO1)[C@@H]1C=C[C@]23O1. The summed E-state index contributed by atoms with van der Waals surface area (Å²) in [7, 11) is 0. The molecule has 3 amide bonds. The summed E-state index contributed by atoms with van der Waals surface area (Å²) in [4.78, 5) is 59.2. The average Bonchev–Trinajstić information content (AvgIpc) is 3.71. The fourth-order valence-electron chi connectivity index (χ4n) is 7.21. The molecule has 2 N–H and O–H groups in total. The van der Waals surface area contributed by atoms with Gasteiger partial charge in [-0.15, -0.1) is 0 Å². The lowest BCUT2D eigenvalue weighted by Gasteiger charge is -2.36. The Morgan fingerprint density at radius 2 is 1.67 bits per heavy atom. The molecule has 0 saturated carbocycles. The number of unbranched alkanes of at least 4 members (excludes halogenated alkanes) is 2. The lowest BCUT2D eigenvalue weighted by Crippen LogP contribution is -2.55. The first-order chi connectivity index (χ1) is 22.4. The summed E-state index contributed by atoms with van der Waals surface area (Å²) in [5, 5.41) is 12.4. The highest BCUT2D eigenvalue weighted by Crippen LogP contribution is 2.55. The van der Waals surface area contributed by atoms with Crippen LogP contribution in [0.3, 0.4) is 0 Å². The van der Waals surface area contributed by atoms with Crippen molar-refractivity contribution in [2.45, 2.75) is 62.4 Å². The van der Waals surface area contributed by atoms with Gasteiger partial charge >= 0.3 is 5.97 Å². The molecule has 10 nitrogen and oxygen atoms in total. The van der Waals surface area contributed by atoms with Crippen LogP contribution in [0.25, 0.3) is 0 Å². The van der Waals surface area contributed by atoms with Crippen molar-refractivity contribution in [2.24, 2.45) is 11.8 Å². The number of nitrogens with zero attached hydrogens (tertiary/aromatic N) is 2. The summed E-state index contributed by atoms with van der Waals surface area (Å²) in [6, 6.07) is 17.3. The van der Waals surface area contributed by atoms with E-state index in [9.17, 15) is 24.3 Å².